The number of hydroxylamine groups is 1. The molecule has 39 heavy (non-hydrogen) atoms. The number of carbonyl (C=O) groups excluding carboxylic acids is 1. The number of likely N-dealkylation sites (tertiary alicyclic amines) is 1. The van der Waals surface area contributed by atoms with Gasteiger partial charge in [-0.2, -0.15) is 0 Å². The third-order valence-corrected chi connectivity index (χ3v) is 8.91. The summed E-state index contributed by atoms with van der Waals surface area (Å²) < 4.78 is 32.6. The van der Waals surface area contributed by atoms with Gasteiger partial charge in [0, 0.05) is 22.0 Å². The summed E-state index contributed by atoms with van der Waals surface area (Å²) in [6.45, 7) is 2.03. The number of benzene rings is 2. The minimum atomic E-state index is -0.947. The molecule has 3 N–H and O–H groups in total. The molecule has 0 bridgehead atoms. The highest BCUT2D eigenvalue weighted by Crippen LogP contribution is 2.41. The van der Waals surface area contributed by atoms with Crippen LogP contribution in [0.1, 0.15) is 43.8 Å². The highest BCUT2D eigenvalue weighted by Gasteiger charge is 2.41. The molecule has 11 heteroatoms. The molecule has 1 fully saturated rings. The van der Waals surface area contributed by atoms with Gasteiger partial charge in [0.1, 0.15) is 5.75 Å². The number of fused-ring (bicyclic) bond motifs is 1. The smallest absolute Gasteiger partial charge is 0.249 e. The zero-order valence-corrected chi connectivity index (χ0v) is 23.2. The molecule has 2 aromatic carbocycles. The van der Waals surface area contributed by atoms with Crippen LogP contribution in [-0.4, -0.2) is 58.6 Å². The maximum Gasteiger partial charge on any atom is 0.249 e. The second kappa shape index (κ2) is 13.2. The van der Waals surface area contributed by atoms with Crippen molar-refractivity contribution in [2.24, 2.45) is 5.41 Å². The van der Waals surface area contributed by atoms with Gasteiger partial charge in [0.05, 0.1) is 29.2 Å². The second-order valence-electron chi connectivity index (χ2n) is 9.77. The van der Waals surface area contributed by atoms with E-state index >= 15 is 0 Å². The van der Waals surface area contributed by atoms with Crippen LogP contribution in [0.3, 0.4) is 0 Å². The predicted octanol–water partition coefficient (Wildman–Crippen LogP) is 5.76. The Bertz CT molecular complexity index is 1310. The van der Waals surface area contributed by atoms with Crippen molar-refractivity contribution in [1.29, 1.82) is 0 Å². The highest BCUT2D eigenvalue weighted by molar-refractivity contribution is 7.99. The number of hydrogen-bond acceptors (Lipinski definition) is 7. The normalized spacial score (nSPS) is 16.3. The molecule has 3 aromatic rings. The van der Waals surface area contributed by atoms with Crippen LogP contribution in [0, 0.1) is 17.0 Å². The molecule has 1 amide bonds. The SMILES string of the molecule is COc1ccc2ncc(Cl)c([C@H](O)CCC3(C(=O)NO)CCN(CCCSc4cccc(F)c4F)CC3)c2c1. The molecule has 1 aliphatic rings. The van der Waals surface area contributed by atoms with Crippen LogP contribution in [0.2, 0.25) is 5.02 Å². The maximum absolute atomic E-state index is 13.9. The standard InChI is InChI=1S/C28H32ClF2N3O4S/c1-38-18-6-7-22-19(16-18)25(20(29)17-32-22)23(35)8-9-28(27(36)33-37)10-13-34(14-11-28)12-3-15-39-24-5-2-4-21(30)26(24)31/h2,4-7,16-17,23,35,37H,3,8-15H2,1H3,(H,33,36)/t23-/m1/s1. The zero-order chi connectivity index (χ0) is 28.0. The molecule has 1 atom stereocenters. The predicted molar refractivity (Wildman–Crippen MR) is 147 cm³/mol. The molecule has 0 unspecified atom stereocenters. The number of aliphatic hydroxyl groups excluding tert-OH is 1. The van der Waals surface area contributed by atoms with Crippen LogP contribution in [0.15, 0.2) is 47.5 Å². The minimum Gasteiger partial charge on any atom is -0.497 e. The Labute approximate surface area is 235 Å². The Hall–Kier alpha value is -2.50. The first-order valence-corrected chi connectivity index (χ1v) is 14.2. The number of thioether (sulfide) groups is 1. The fraction of sp³-hybridized carbons (Fsp3) is 0.429. The minimum absolute atomic E-state index is 0.263. The van der Waals surface area contributed by atoms with Crippen molar-refractivity contribution >= 4 is 40.2 Å². The molecular weight excluding hydrogens is 548 g/mol. The molecule has 0 aliphatic carbocycles. The van der Waals surface area contributed by atoms with Crippen LogP contribution in [0.4, 0.5) is 8.78 Å². The number of aliphatic hydroxyl groups is 1. The van der Waals surface area contributed by atoms with Crippen LogP contribution < -0.4 is 10.2 Å². The number of carbonyl (C=O) groups is 1. The Morgan fingerprint density at radius 3 is 2.77 bits per heavy atom. The molecule has 1 aromatic heterocycles. The van der Waals surface area contributed by atoms with E-state index in [9.17, 15) is 23.9 Å². The van der Waals surface area contributed by atoms with Gasteiger partial charge in [0.15, 0.2) is 11.6 Å². The lowest BCUT2D eigenvalue weighted by Gasteiger charge is -2.40. The fourth-order valence-electron chi connectivity index (χ4n) is 5.17. The molecule has 0 radical (unpaired) electrons. The van der Waals surface area contributed by atoms with Crippen molar-refractivity contribution in [3.05, 3.63) is 64.8 Å². The summed E-state index contributed by atoms with van der Waals surface area (Å²) in [5, 5.41) is 21.7. The molecular formula is C28H32ClF2N3O4S. The first-order valence-electron chi connectivity index (χ1n) is 12.8. The van der Waals surface area contributed by atoms with Gasteiger partial charge in [0.2, 0.25) is 5.91 Å². The fourth-order valence-corrected chi connectivity index (χ4v) is 6.34. The monoisotopic (exact) mass is 579 g/mol. The number of pyridine rings is 1. The third kappa shape index (κ3) is 6.81. The molecule has 7 nitrogen and oxygen atoms in total. The average molecular weight is 580 g/mol. The van der Waals surface area contributed by atoms with Gasteiger partial charge in [-0.3, -0.25) is 15.0 Å². The van der Waals surface area contributed by atoms with E-state index in [1.165, 1.54) is 24.0 Å². The summed E-state index contributed by atoms with van der Waals surface area (Å²) in [6.07, 6.45) is 2.97. The number of piperidine rings is 1. The highest BCUT2D eigenvalue weighted by atomic mass is 35.5. The number of nitrogens with zero attached hydrogens (tertiary/aromatic N) is 2. The first-order chi connectivity index (χ1) is 18.8. The number of halogens is 3. The van der Waals surface area contributed by atoms with Gasteiger partial charge in [-0.25, -0.2) is 14.3 Å². The maximum atomic E-state index is 13.9. The first kappa shape index (κ1) is 29.5. The van der Waals surface area contributed by atoms with E-state index in [0.717, 1.165) is 19.0 Å². The quantitative estimate of drug-likeness (QED) is 0.115. The Kier molecular flexibility index (Phi) is 10.0. The third-order valence-electron chi connectivity index (χ3n) is 7.49. The van der Waals surface area contributed by atoms with E-state index in [0.29, 0.717) is 70.2 Å². The van der Waals surface area contributed by atoms with Crippen molar-refractivity contribution in [3.63, 3.8) is 0 Å². The van der Waals surface area contributed by atoms with Gasteiger partial charge in [-0.15, -0.1) is 11.8 Å². The van der Waals surface area contributed by atoms with Gasteiger partial charge in [-0.1, -0.05) is 17.7 Å². The molecule has 4 rings (SSSR count). The van der Waals surface area contributed by atoms with Crippen molar-refractivity contribution in [3.8, 4) is 5.75 Å². The summed E-state index contributed by atoms with van der Waals surface area (Å²) >= 11 is 7.73. The lowest BCUT2D eigenvalue weighted by atomic mass is 9.73. The van der Waals surface area contributed by atoms with Crippen molar-refractivity contribution < 1.29 is 28.6 Å². The number of aromatic nitrogens is 1. The van der Waals surface area contributed by atoms with Crippen LogP contribution >= 0.6 is 23.4 Å². The van der Waals surface area contributed by atoms with Crippen molar-refractivity contribution in [2.75, 3.05) is 32.5 Å². The number of amides is 1. The van der Waals surface area contributed by atoms with Gasteiger partial charge in [0.25, 0.3) is 0 Å². The molecule has 1 aliphatic heterocycles. The summed E-state index contributed by atoms with van der Waals surface area (Å²) in [5.74, 6) is -0.875. The lowest BCUT2D eigenvalue weighted by molar-refractivity contribution is -0.143. The van der Waals surface area contributed by atoms with E-state index in [1.54, 1.807) is 31.4 Å². The summed E-state index contributed by atoms with van der Waals surface area (Å²) in [6, 6.07) is 9.53. The molecule has 0 spiro atoms. The largest absolute Gasteiger partial charge is 0.497 e. The Balaban J connectivity index is 1.35. The number of methoxy groups -OCH3 is 1. The van der Waals surface area contributed by atoms with Crippen LogP contribution in [0.5, 0.6) is 5.75 Å². The average Bonchev–Trinajstić information content (AvgIpc) is 2.96. The van der Waals surface area contributed by atoms with E-state index in [4.69, 9.17) is 16.3 Å². The number of rotatable bonds is 11. The Morgan fingerprint density at radius 2 is 2.05 bits per heavy atom. The van der Waals surface area contributed by atoms with Gasteiger partial charge in [-0.05, 0) is 87.8 Å². The van der Waals surface area contributed by atoms with Crippen molar-refractivity contribution in [1.82, 2.24) is 15.4 Å². The number of ether oxygens (including phenoxy) is 1. The molecule has 210 valence electrons. The van der Waals surface area contributed by atoms with E-state index in [1.807, 2.05) is 5.48 Å². The van der Waals surface area contributed by atoms with Crippen LogP contribution in [0.25, 0.3) is 10.9 Å². The molecule has 1 saturated heterocycles. The molecule has 2 heterocycles. The molecule has 0 saturated carbocycles. The Morgan fingerprint density at radius 1 is 1.28 bits per heavy atom. The number of hydrogen-bond donors (Lipinski definition) is 3. The number of nitrogens with one attached hydrogen (secondary N) is 1. The summed E-state index contributed by atoms with van der Waals surface area (Å²) in [7, 11) is 1.56. The lowest BCUT2D eigenvalue weighted by Crippen LogP contribution is -2.48. The van der Waals surface area contributed by atoms with E-state index in [2.05, 4.69) is 9.88 Å². The van der Waals surface area contributed by atoms with E-state index < -0.39 is 29.1 Å². The second-order valence-corrected chi connectivity index (χ2v) is 11.3. The summed E-state index contributed by atoms with van der Waals surface area (Å²) in [5.41, 5.74) is 2.20. The summed E-state index contributed by atoms with van der Waals surface area (Å²) in [4.78, 5) is 19.7. The van der Waals surface area contributed by atoms with E-state index in [-0.39, 0.29) is 6.42 Å². The zero-order valence-electron chi connectivity index (χ0n) is 21.6. The van der Waals surface area contributed by atoms with Gasteiger partial charge < -0.3 is 14.7 Å². The van der Waals surface area contributed by atoms with Crippen molar-refractivity contribution in [2.45, 2.75) is 43.1 Å². The topological polar surface area (TPSA) is 94.9 Å². The van der Waals surface area contributed by atoms with Crippen LogP contribution in [-0.2, 0) is 4.79 Å². The van der Waals surface area contributed by atoms with Gasteiger partial charge >= 0.3 is 0 Å².